The lowest BCUT2D eigenvalue weighted by Crippen LogP contribution is -2.43. The first-order valence-electron chi connectivity index (χ1n) is 14.5. The van der Waals surface area contributed by atoms with Crippen LogP contribution in [0.4, 0.5) is 5.69 Å². The number of hydrogen-bond acceptors (Lipinski definition) is 5. The third-order valence-electron chi connectivity index (χ3n) is 8.51. The summed E-state index contributed by atoms with van der Waals surface area (Å²) in [5.41, 5.74) is 5.55. The maximum absolute atomic E-state index is 14.6. The van der Waals surface area contributed by atoms with Crippen molar-refractivity contribution in [1.82, 2.24) is 9.55 Å². The van der Waals surface area contributed by atoms with Gasteiger partial charge in [-0.1, -0.05) is 97.2 Å². The molecule has 1 fully saturated rings. The fourth-order valence-electron chi connectivity index (χ4n) is 6.49. The highest BCUT2D eigenvalue weighted by atomic mass is 35.5. The zero-order valence-electron chi connectivity index (χ0n) is 23.7. The Bertz CT molecular complexity index is 1660. The first kappa shape index (κ1) is 28.6. The summed E-state index contributed by atoms with van der Waals surface area (Å²) in [6.07, 6.45) is 7.04. The number of carbonyl (C=O) groups excluding carboxylic acids is 1. The van der Waals surface area contributed by atoms with E-state index in [0.29, 0.717) is 34.6 Å². The molecule has 0 radical (unpaired) electrons. The van der Waals surface area contributed by atoms with Crippen LogP contribution >= 0.6 is 23.4 Å². The number of fused-ring (bicyclic) bond motifs is 4. The van der Waals surface area contributed by atoms with E-state index >= 15 is 0 Å². The molecule has 6 nitrogen and oxygen atoms in total. The van der Waals surface area contributed by atoms with E-state index in [1.807, 2.05) is 28.8 Å². The number of halogens is 1. The van der Waals surface area contributed by atoms with E-state index in [0.717, 1.165) is 54.5 Å². The van der Waals surface area contributed by atoms with Gasteiger partial charge in [0.1, 0.15) is 5.75 Å². The van der Waals surface area contributed by atoms with Gasteiger partial charge in [-0.15, -0.1) is 0 Å². The van der Waals surface area contributed by atoms with Crippen LogP contribution in [-0.2, 0) is 29.6 Å². The summed E-state index contributed by atoms with van der Waals surface area (Å²) in [5.74, 6) is 0.445. The summed E-state index contributed by atoms with van der Waals surface area (Å²) < 4.78 is 7.03. The van der Waals surface area contributed by atoms with Crippen LogP contribution in [0.15, 0.2) is 82.7 Å². The number of anilines is 1. The molecule has 0 unspecified atom stereocenters. The van der Waals surface area contributed by atoms with E-state index in [1.165, 1.54) is 23.7 Å². The Morgan fingerprint density at radius 2 is 1.81 bits per heavy atom. The predicted molar refractivity (Wildman–Crippen MR) is 170 cm³/mol. The number of rotatable bonds is 8. The molecule has 8 heteroatoms. The molecule has 216 valence electrons. The molecular weight excluding hydrogens is 566 g/mol. The van der Waals surface area contributed by atoms with Gasteiger partial charge in [-0.2, -0.15) is 0 Å². The second-order valence-corrected chi connectivity index (χ2v) is 12.5. The van der Waals surface area contributed by atoms with Gasteiger partial charge in [0.15, 0.2) is 5.16 Å². The molecule has 0 bridgehead atoms. The Hall–Kier alpha value is -3.55. The van der Waals surface area contributed by atoms with Crippen molar-refractivity contribution in [3.63, 3.8) is 0 Å². The summed E-state index contributed by atoms with van der Waals surface area (Å²) >= 11 is 7.55. The number of ether oxygens (including phenoxy) is 1. The van der Waals surface area contributed by atoms with Gasteiger partial charge >= 0.3 is 0 Å². The van der Waals surface area contributed by atoms with E-state index in [2.05, 4.69) is 35.6 Å². The number of aromatic nitrogens is 2. The molecule has 3 aromatic carbocycles. The molecule has 1 saturated carbocycles. The number of thioether (sulfide) groups is 1. The summed E-state index contributed by atoms with van der Waals surface area (Å²) in [7, 11) is 1.55. The minimum Gasteiger partial charge on any atom is -0.495 e. The molecule has 6 rings (SSSR count). The normalized spacial score (nSPS) is 15.1. The van der Waals surface area contributed by atoms with E-state index in [9.17, 15) is 9.59 Å². The smallest absolute Gasteiger partial charge is 0.258 e. The Kier molecular flexibility index (Phi) is 8.41. The van der Waals surface area contributed by atoms with Gasteiger partial charge in [0.05, 0.1) is 29.1 Å². The Morgan fingerprint density at radius 1 is 1.05 bits per heavy atom. The fraction of sp³-hybridized carbons (Fsp3) is 0.324. The Labute approximate surface area is 255 Å². The molecule has 0 saturated heterocycles. The first-order chi connectivity index (χ1) is 20.5. The highest BCUT2D eigenvalue weighted by Gasteiger charge is 2.43. The number of methoxy groups -OCH3 is 1. The molecule has 0 aliphatic heterocycles. The molecule has 4 aromatic rings. The van der Waals surface area contributed by atoms with Gasteiger partial charge in [-0.3, -0.25) is 14.2 Å². The topological polar surface area (TPSA) is 73.2 Å². The summed E-state index contributed by atoms with van der Waals surface area (Å²) in [5, 5.41) is 3.90. The SMILES string of the molecule is COc1ccc(NC(=O)CSc2nc3c(c(=O)n2CCc2ccccc2)C2(CCCCC2)Cc2ccccc2-3)cc1Cl. The van der Waals surface area contributed by atoms with Gasteiger partial charge < -0.3 is 10.1 Å². The monoisotopic (exact) mass is 599 g/mol. The van der Waals surface area contributed by atoms with Crippen molar-refractivity contribution in [2.24, 2.45) is 0 Å². The lowest BCUT2D eigenvalue weighted by molar-refractivity contribution is -0.113. The lowest BCUT2D eigenvalue weighted by atomic mass is 9.62. The molecule has 42 heavy (non-hydrogen) atoms. The van der Waals surface area contributed by atoms with Gasteiger partial charge in [0.25, 0.3) is 5.56 Å². The first-order valence-corrected chi connectivity index (χ1v) is 15.9. The molecule has 0 atom stereocenters. The van der Waals surface area contributed by atoms with E-state index in [4.69, 9.17) is 21.3 Å². The van der Waals surface area contributed by atoms with Gasteiger partial charge in [-0.05, 0) is 55.0 Å². The highest BCUT2D eigenvalue weighted by Crippen LogP contribution is 2.48. The third-order valence-corrected chi connectivity index (χ3v) is 9.78. The largest absolute Gasteiger partial charge is 0.495 e. The van der Waals surface area contributed by atoms with Crippen molar-refractivity contribution < 1.29 is 9.53 Å². The van der Waals surface area contributed by atoms with Crippen molar-refractivity contribution in [2.75, 3.05) is 18.2 Å². The minimum absolute atomic E-state index is 0.0391. The van der Waals surface area contributed by atoms with Crippen molar-refractivity contribution in [1.29, 1.82) is 0 Å². The Balaban J connectivity index is 1.36. The van der Waals surface area contributed by atoms with Crippen LogP contribution in [0.1, 0.15) is 48.8 Å². The quantitative estimate of drug-likeness (QED) is 0.170. The number of carbonyl (C=O) groups is 1. The Morgan fingerprint density at radius 3 is 2.57 bits per heavy atom. The molecule has 2 aliphatic carbocycles. The maximum Gasteiger partial charge on any atom is 0.258 e. The minimum atomic E-state index is -0.202. The third kappa shape index (κ3) is 5.72. The van der Waals surface area contributed by atoms with Crippen molar-refractivity contribution in [3.05, 3.63) is 105 Å². The van der Waals surface area contributed by atoms with E-state index in [1.54, 1.807) is 25.3 Å². The fourth-order valence-corrected chi connectivity index (χ4v) is 7.56. The predicted octanol–water partition coefficient (Wildman–Crippen LogP) is 7.30. The van der Waals surface area contributed by atoms with Crippen molar-refractivity contribution in [2.45, 2.75) is 62.1 Å². The van der Waals surface area contributed by atoms with E-state index in [-0.39, 0.29) is 22.6 Å². The van der Waals surface area contributed by atoms with Crippen LogP contribution in [-0.4, -0.2) is 28.3 Å². The molecular formula is C34H34ClN3O3S. The zero-order valence-corrected chi connectivity index (χ0v) is 25.3. The van der Waals surface area contributed by atoms with Gasteiger partial charge in [0.2, 0.25) is 5.91 Å². The second-order valence-electron chi connectivity index (χ2n) is 11.2. The molecule has 1 N–H and O–H groups in total. The average Bonchev–Trinajstić information content (AvgIpc) is 3.00. The maximum atomic E-state index is 14.6. The molecule has 1 aromatic heterocycles. The van der Waals surface area contributed by atoms with Crippen LogP contribution in [0.25, 0.3) is 11.3 Å². The van der Waals surface area contributed by atoms with Crippen LogP contribution in [0.2, 0.25) is 5.02 Å². The summed E-state index contributed by atoms with van der Waals surface area (Å²) in [6, 6.07) is 23.7. The number of aryl methyl sites for hydroxylation is 1. The number of nitrogens with one attached hydrogen (secondary N) is 1. The molecule has 2 aliphatic rings. The second kappa shape index (κ2) is 12.4. The van der Waals surface area contributed by atoms with Crippen LogP contribution in [0.5, 0.6) is 5.75 Å². The van der Waals surface area contributed by atoms with Crippen LogP contribution in [0.3, 0.4) is 0 Å². The molecule has 1 heterocycles. The van der Waals surface area contributed by atoms with Crippen molar-refractivity contribution >= 4 is 35.0 Å². The summed E-state index contributed by atoms with van der Waals surface area (Å²) in [4.78, 5) is 32.8. The average molecular weight is 600 g/mol. The number of amides is 1. The molecule has 1 spiro atoms. The lowest BCUT2D eigenvalue weighted by Gasteiger charge is -2.42. The van der Waals surface area contributed by atoms with Gasteiger partial charge in [0, 0.05) is 23.2 Å². The number of nitrogens with zero attached hydrogens (tertiary/aromatic N) is 2. The number of hydrogen-bond donors (Lipinski definition) is 1. The summed E-state index contributed by atoms with van der Waals surface area (Å²) in [6.45, 7) is 0.499. The van der Waals surface area contributed by atoms with Crippen LogP contribution in [0, 0.1) is 0 Å². The zero-order chi connectivity index (χ0) is 29.1. The van der Waals surface area contributed by atoms with Crippen molar-refractivity contribution in [3.8, 4) is 17.0 Å². The number of benzene rings is 3. The van der Waals surface area contributed by atoms with Gasteiger partial charge in [-0.25, -0.2) is 4.98 Å². The van der Waals surface area contributed by atoms with E-state index < -0.39 is 0 Å². The van der Waals surface area contributed by atoms with Crippen LogP contribution < -0.4 is 15.6 Å². The highest BCUT2D eigenvalue weighted by molar-refractivity contribution is 7.99. The standard InChI is InChI=1S/C34H34ClN3O3S/c1-41-28-15-14-25(20-27(28)35)36-29(39)22-42-33-37-31-26-13-7-6-12-24(26)21-34(17-8-3-9-18-34)30(31)32(40)38(33)19-16-23-10-4-2-5-11-23/h2,4-7,10-15,20H,3,8-9,16-19,21-22H2,1H3,(H,36,39). The molecule has 1 amide bonds.